The number of hydrogen-bond acceptors (Lipinski definition) is 4. The second-order valence-electron chi connectivity index (χ2n) is 8.77. The number of ether oxygens (including phenoxy) is 1. The molecule has 0 N–H and O–H groups in total. The summed E-state index contributed by atoms with van der Waals surface area (Å²) in [7, 11) is 1.69. The Morgan fingerprint density at radius 2 is 1.76 bits per heavy atom. The van der Waals surface area contributed by atoms with Crippen LogP contribution in [-0.2, 0) is 6.42 Å². The van der Waals surface area contributed by atoms with Gasteiger partial charge in [0.25, 0.3) is 5.56 Å². The summed E-state index contributed by atoms with van der Waals surface area (Å²) in [4.78, 5) is 19.6. The van der Waals surface area contributed by atoms with Crippen molar-refractivity contribution in [2.75, 3.05) is 7.11 Å². The maximum Gasteiger partial charge on any atom is 0.271 e. The number of para-hydroxylation sites is 1. The molecule has 1 aromatic heterocycles. The molecule has 34 heavy (non-hydrogen) atoms. The molecule has 1 aliphatic heterocycles. The molecule has 2 aliphatic rings. The Kier molecular flexibility index (Phi) is 5.07. The molecule has 4 nitrogen and oxygen atoms in total. The molecular weight excluding hydrogens is 440 g/mol. The monoisotopic (exact) mass is 464 g/mol. The largest absolute Gasteiger partial charge is 0.496 e. The Bertz CT molecular complexity index is 1620. The van der Waals surface area contributed by atoms with Crippen molar-refractivity contribution < 1.29 is 4.74 Å². The van der Waals surface area contributed by atoms with Crippen molar-refractivity contribution >= 4 is 23.1 Å². The summed E-state index contributed by atoms with van der Waals surface area (Å²) in [5.41, 5.74) is 7.85. The highest BCUT2D eigenvalue weighted by Gasteiger charge is 2.33. The molecule has 5 heteroatoms. The van der Waals surface area contributed by atoms with Crippen LogP contribution in [0.3, 0.4) is 0 Å². The molecule has 0 saturated heterocycles. The summed E-state index contributed by atoms with van der Waals surface area (Å²) in [6, 6.07) is 24.5. The van der Waals surface area contributed by atoms with Crippen molar-refractivity contribution in [2.45, 2.75) is 25.8 Å². The molecule has 1 aliphatic carbocycles. The minimum absolute atomic E-state index is 0.00867. The van der Waals surface area contributed by atoms with Gasteiger partial charge < -0.3 is 4.74 Å². The zero-order valence-electron chi connectivity index (χ0n) is 19.1. The van der Waals surface area contributed by atoms with E-state index >= 15 is 0 Å². The van der Waals surface area contributed by atoms with Crippen LogP contribution < -0.4 is 19.6 Å². The zero-order chi connectivity index (χ0) is 23.2. The van der Waals surface area contributed by atoms with E-state index in [0.29, 0.717) is 4.53 Å². The van der Waals surface area contributed by atoms with Crippen LogP contribution in [0, 0.1) is 6.92 Å². The van der Waals surface area contributed by atoms with E-state index < -0.39 is 0 Å². The molecule has 2 heterocycles. The summed E-state index contributed by atoms with van der Waals surface area (Å²) >= 11 is 1.46. The van der Waals surface area contributed by atoms with Crippen LogP contribution in [-0.4, -0.2) is 11.7 Å². The number of nitrogens with zero attached hydrogens (tertiary/aromatic N) is 2. The van der Waals surface area contributed by atoms with Gasteiger partial charge in [0.2, 0.25) is 0 Å². The topological polar surface area (TPSA) is 43.6 Å². The van der Waals surface area contributed by atoms with Gasteiger partial charge in [-0.05, 0) is 48.6 Å². The number of hydrogen-bond donors (Lipinski definition) is 0. The quantitative estimate of drug-likeness (QED) is 0.444. The summed E-state index contributed by atoms with van der Waals surface area (Å²) in [6.45, 7) is 2.06. The SMILES string of the molecule is COc1ccccc1C1C2=C(N=c3sc(=Cc4ccc(C)cc4)c(=O)n31)c1ccccc1CC2. The number of aromatic nitrogens is 1. The molecule has 0 amide bonds. The Labute approximate surface area is 201 Å². The first kappa shape index (κ1) is 20.9. The minimum Gasteiger partial charge on any atom is -0.496 e. The van der Waals surface area contributed by atoms with Gasteiger partial charge in [-0.15, -0.1) is 0 Å². The number of thiazole rings is 1. The summed E-state index contributed by atoms with van der Waals surface area (Å²) < 4.78 is 8.30. The number of benzene rings is 3. The third-order valence-electron chi connectivity index (χ3n) is 6.68. The maximum atomic E-state index is 13.8. The lowest BCUT2D eigenvalue weighted by molar-refractivity contribution is 0.402. The molecule has 0 saturated carbocycles. The van der Waals surface area contributed by atoms with Crippen molar-refractivity contribution in [3.63, 3.8) is 0 Å². The first-order chi connectivity index (χ1) is 16.6. The highest BCUT2D eigenvalue weighted by Crippen LogP contribution is 2.43. The predicted molar refractivity (Wildman–Crippen MR) is 137 cm³/mol. The number of methoxy groups -OCH3 is 1. The van der Waals surface area contributed by atoms with Gasteiger partial charge in [-0.2, -0.15) is 0 Å². The highest BCUT2D eigenvalue weighted by atomic mass is 32.1. The van der Waals surface area contributed by atoms with Gasteiger partial charge in [0.05, 0.1) is 23.4 Å². The van der Waals surface area contributed by atoms with Gasteiger partial charge in [-0.25, -0.2) is 4.99 Å². The average molecular weight is 465 g/mol. The molecule has 3 aromatic carbocycles. The Balaban J connectivity index is 1.64. The minimum atomic E-state index is -0.240. The standard InChI is InChI=1S/C29H24N2O2S/c1-18-11-13-19(14-12-18)17-25-28(32)31-27(22-9-5-6-10-24(22)33-2)23-16-15-20-7-3-4-8-21(20)26(23)30-29(31)34-25/h3-14,17,27H,15-16H2,1-2H3. The van der Waals surface area contributed by atoms with Gasteiger partial charge in [0, 0.05) is 11.1 Å². The van der Waals surface area contributed by atoms with Gasteiger partial charge in [0.1, 0.15) is 5.75 Å². The van der Waals surface area contributed by atoms with Crippen LogP contribution >= 0.6 is 11.3 Å². The van der Waals surface area contributed by atoms with Crippen LogP contribution in [0.15, 0.2) is 88.2 Å². The molecule has 6 rings (SSSR count). The van der Waals surface area contributed by atoms with Gasteiger partial charge in [-0.3, -0.25) is 9.36 Å². The summed E-state index contributed by atoms with van der Waals surface area (Å²) in [6.07, 6.45) is 3.77. The normalized spacial score (nSPS) is 17.0. The third kappa shape index (κ3) is 3.35. The van der Waals surface area contributed by atoms with Crippen molar-refractivity contribution in [3.05, 3.63) is 126 Å². The fraction of sp³-hybridized carbons (Fsp3) is 0.172. The number of fused-ring (bicyclic) bond motifs is 3. The van der Waals surface area contributed by atoms with Gasteiger partial charge in [0.15, 0.2) is 4.80 Å². The second-order valence-corrected chi connectivity index (χ2v) is 9.78. The van der Waals surface area contributed by atoms with Crippen molar-refractivity contribution in [1.29, 1.82) is 0 Å². The van der Waals surface area contributed by atoms with Crippen LogP contribution in [0.25, 0.3) is 11.8 Å². The van der Waals surface area contributed by atoms with Crippen LogP contribution in [0.5, 0.6) is 5.75 Å². The lowest BCUT2D eigenvalue weighted by Gasteiger charge is -2.31. The van der Waals surface area contributed by atoms with Crippen LogP contribution in [0.2, 0.25) is 0 Å². The summed E-state index contributed by atoms with van der Waals surface area (Å²) in [5, 5.41) is 0. The Morgan fingerprint density at radius 3 is 2.59 bits per heavy atom. The van der Waals surface area contributed by atoms with E-state index in [2.05, 4.69) is 49.4 Å². The van der Waals surface area contributed by atoms with E-state index in [0.717, 1.165) is 40.2 Å². The van der Waals surface area contributed by atoms with Gasteiger partial charge >= 0.3 is 0 Å². The zero-order valence-corrected chi connectivity index (χ0v) is 19.9. The van der Waals surface area contributed by atoms with E-state index in [1.165, 1.54) is 33.6 Å². The van der Waals surface area contributed by atoms with Gasteiger partial charge in [-0.1, -0.05) is 83.6 Å². The predicted octanol–water partition coefficient (Wildman–Crippen LogP) is 4.64. The van der Waals surface area contributed by atoms with E-state index in [4.69, 9.17) is 9.73 Å². The average Bonchev–Trinajstić information content (AvgIpc) is 3.18. The lowest BCUT2D eigenvalue weighted by atomic mass is 9.83. The van der Waals surface area contributed by atoms with Crippen molar-refractivity contribution in [3.8, 4) is 5.75 Å². The smallest absolute Gasteiger partial charge is 0.271 e. The number of allylic oxidation sites excluding steroid dienone is 1. The molecule has 0 fully saturated rings. The maximum absolute atomic E-state index is 13.8. The van der Waals surface area contributed by atoms with Crippen molar-refractivity contribution in [1.82, 2.24) is 4.57 Å². The first-order valence-corrected chi connectivity index (χ1v) is 12.3. The molecular formula is C29H24N2O2S. The van der Waals surface area contributed by atoms with E-state index in [-0.39, 0.29) is 11.6 Å². The molecule has 168 valence electrons. The molecule has 0 spiro atoms. The molecule has 0 radical (unpaired) electrons. The molecule has 0 bridgehead atoms. The molecule has 1 atom stereocenters. The molecule has 4 aromatic rings. The second kappa shape index (κ2) is 8.26. The molecule has 1 unspecified atom stereocenters. The van der Waals surface area contributed by atoms with Crippen molar-refractivity contribution in [2.24, 2.45) is 4.99 Å². The van der Waals surface area contributed by atoms with Crippen LogP contribution in [0.1, 0.15) is 40.3 Å². The fourth-order valence-corrected chi connectivity index (χ4v) is 6.01. The fourth-order valence-electron chi connectivity index (χ4n) is 5.01. The van der Waals surface area contributed by atoms with E-state index in [1.54, 1.807) is 7.11 Å². The number of aryl methyl sites for hydroxylation is 2. The summed E-state index contributed by atoms with van der Waals surface area (Å²) in [5.74, 6) is 0.785. The van der Waals surface area contributed by atoms with Crippen LogP contribution in [0.4, 0.5) is 0 Å². The van der Waals surface area contributed by atoms with E-state index in [9.17, 15) is 4.79 Å². The third-order valence-corrected chi connectivity index (χ3v) is 7.66. The van der Waals surface area contributed by atoms with E-state index in [1.807, 2.05) is 41.0 Å². The Morgan fingerprint density at radius 1 is 1.00 bits per heavy atom. The first-order valence-electron chi connectivity index (χ1n) is 11.5. The highest BCUT2D eigenvalue weighted by molar-refractivity contribution is 7.07. The Hall–Kier alpha value is -3.70. The number of rotatable bonds is 3. The lowest BCUT2D eigenvalue weighted by Crippen LogP contribution is -2.38.